The highest BCUT2D eigenvalue weighted by molar-refractivity contribution is 6.27. The average Bonchev–Trinajstić information content (AvgIpc) is 3.99. The summed E-state index contributed by atoms with van der Waals surface area (Å²) in [6.07, 6.45) is 0. The molecule has 334 valence electrons. The number of benzene rings is 13. The third-order valence-electron chi connectivity index (χ3n) is 15.2. The Morgan fingerprint density at radius 3 is 1.17 bits per heavy atom. The second-order valence-corrected chi connectivity index (χ2v) is 19.0. The van der Waals surface area contributed by atoms with Crippen LogP contribution < -0.4 is 0 Å². The first-order valence-electron chi connectivity index (χ1n) is 24.8. The fraction of sp³-hybridized carbons (Fsp3) is 0. The Morgan fingerprint density at radius 1 is 0.236 bits per heavy atom. The molecule has 2 heterocycles. The van der Waals surface area contributed by atoms with Crippen LogP contribution in [0.15, 0.2) is 265 Å². The summed E-state index contributed by atoms with van der Waals surface area (Å²) in [5.74, 6) is 0. The average molecular weight is 914 g/mol. The van der Waals surface area contributed by atoms with Gasteiger partial charge in [-0.2, -0.15) is 0 Å². The van der Waals surface area contributed by atoms with E-state index in [-0.39, 0.29) is 0 Å². The SMILES string of the molecule is c1ccc(-c2ccc3c(c2)c2cc(-c4ccccc4)ccc2n3-c2c3ccccc3c(-c3ccc4c(c3)oc3cccc(-c5c6ccccc6c(-c6ccccc6)c6ccccc56)c34)c3ccccc23)cc1. The maximum Gasteiger partial charge on any atom is 0.136 e. The minimum absolute atomic E-state index is 0.868. The fourth-order valence-corrected chi connectivity index (χ4v) is 12.1. The molecule has 0 amide bonds. The third kappa shape index (κ3) is 6.09. The molecule has 0 N–H and O–H groups in total. The van der Waals surface area contributed by atoms with Crippen molar-refractivity contribution in [3.63, 3.8) is 0 Å². The molecule has 0 saturated heterocycles. The first-order chi connectivity index (χ1) is 35.7. The second-order valence-electron chi connectivity index (χ2n) is 19.0. The van der Waals surface area contributed by atoms with Crippen LogP contribution in [0.4, 0.5) is 0 Å². The van der Waals surface area contributed by atoms with E-state index in [1.807, 2.05) is 0 Å². The Bertz CT molecular complexity index is 4450. The summed E-state index contributed by atoms with van der Waals surface area (Å²) in [6, 6.07) is 95.4. The summed E-state index contributed by atoms with van der Waals surface area (Å²) in [6.45, 7) is 0. The van der Waals surface area contributed by atoms with Crippen molar-refractivity contribution in [2.75, 3.05) is 0 Å². The molecule has 0 aliphatic rings. The third-order valence-corrected chi connectivity index (χ3v) is 15.2. The van der Waals surface area contributed by atoms with Crippen LogP contribution in [0.1, 0.15) is 0 Å². The monoisotopic (exact) mass is 913 g/mol. The molecular formula is C70H43NO. The number of furan rings is 1. The molecule has 0 aliphatic carbocycles. The van der Waals surface area contributed by atoms with Gasteiger partial charge in [-0.3, -0.25) is 0 Å². The van der Waals surface area contributed by atoms with Crippen LogP contribution in [0.25, 0.3) is 148 Å². The van der Waals surface area contributed by atoms with Gasteiger partial charge in [-0.1, -0.05) is 218 Å². The second kappa shape index (κ2) is 16.0. The van der Waals surface area contributed by atoms with Crippen molar-refractivity contribution in [3.8, 4) is 61.3 Å². The molecule has 72 heavy (non-hydrogen) atoms. The first kappa shape index (κ1) is 40.4. The van der Waals surface area contributed by atoms with Crippen LogP contribution in [0, 0.1) is 0 Å². The van der Waals surface area contributed by atoms with Gasteiger partial charge in [-0.15, -0.1) is 0 Å². The Labute approximate surface area is 415 Å². The van der Waals surface area contributed by atoms with Gasteiger partial charge < -0.3 is 8.98 Å². The van der Waals surface area contributed by atoms with E-state index in [4.69, 9.17) is 4.42 Å². The van der Waals surface area contributed by atoms with E-state index in [1.165, 1.54) is 121 Å². The molecule has 0 fully saturated rings. The van der Waals surface area contributed by atoms with Gasteiger partial charge in [0.05, 0.1) is 16.7 Å². The highest BCUT2D eigenvalue weighted by Crippen LogP contribution is 2.49. The zero-order valence-electron chi connectivity index (χ0n) is 39.2. The van der Waals surface area contributed by atoms with Crippen molar-refractivity contribution in [2.24, 2.45) is 0 Å². The quantitative estimate of drug-likeness (QED) is 0.152. The van der Waals surface area contributed by atoms with Crippen LogP contribution >= 0.6 is 0 Å². The summed E-state index contributed by atoms with van der Waals surface area (Å²) in [4.78, 5) is 0. The summed E-state index contributed by atoms with van der Waals surface area (Å²) in [5.41, 5.74) is 17.3. The van der Waals surface area contributed by atoms with Gasteiger partial charge in [0, 0.05) is 32.3 Å². The molecule has 0 saturated carbocycles. The Hall–Kier alpha value is -9.50. The maximum absolute atomic E-state index is 6.98. The summed E-state index contributed by atoms with van der Waals surface area (Å²) in [7, 11) is 0. The van der Waals surface area contributed by atoms with Crippen LogP contribution in [0.5, 0.6) is 0 Å². The Kier molecular flexibility index (Phi) is 8.99. The van der Waals surface area contributed by atoms with Gasteiger partial charge >= 0.3 is 0 Å². The fourth-order valence-electron chi connectivity index (χ4n) is 12.1. The molecule has 2 heteroatoms. The molecule has 2 nitrogen and oxygen atoms in total. The van der Waals surface area contributed by atoms with Crippen molar-refractivity contribution >= 4 is 86.8 Å². The molecule has 13 aromatic carbocycles. The van der Waals surface area contributed by atoms with E-state index in [0.717, 1.165) is 27.5 Å². The predicted molar refractivity (Wildman–Crippen MR) is 305 cm³/mol. The Morgan fingerprint density at radius 2 is 0.653 bits per heavy atom. The summed E-state index contributed by atoms with van der Waals surface area (Å²) >= 11 is 0. The molecular weight excluding hydrogens is 871 g/mol. The van der Waals surface area contributed by atoms with Crippen molar-refractivity contribution < 1.29 is 4.42 Å². The summed E-state index contributed by atoms with van der Waals surface area (Å²) in [5, 5.41) is 14.4. The lowest BCUT2D eigenvalue weighted by Crippen LogP contribution is -1.99. The highest BCUT2D eigenvalue weighted by Gasteiger charge is 2.24. The van der Waals surface area contributed by atoms with Gasteiger partial charge in [0.15, 0.2) is 0 Å². The molecule has 15 aromatic rings. The lowest BCUT2D eigenvalue weighted by atomic mass is 9.85. The zero-order valence-corrected chi connectivity index (χ0v) is 39.2. The smallest absolute Gasteiger partial charge is 0.136 e. The van der Waals surface area contributed by atoms with Gasteiger partial charge in [-0.25, -0.2) is 0 Å². The van der Waals surface area contributed by atoms with Crippen molar-refractivity contribution in [1.29, 1.82) is 0 Å². The molecule has 15 rings (SSSR count). The van der Waals surface area contributed by atoms with Crippen molar-refractivity contribution in [3.05, 3.63) is 261 Å². The molecule has 0 atom stereocenters. The summed E-state index contributed by atoms with van der Waals surface area (Å²) < 4.78 is 9.50. The molecule has 0 unspecified atom stereocenters. The minimum atomic E-state index is 0.868. The van der Waals surface area contributed by atoms with E-state index < -0.39 is 0 Å². The van der Waals surface area contributed by atoms with Crippen LogP contribution in [-0.2, 0) is 0 Å². The van der Waals surface area contributed by atoms with Crippen LogP contribution in [0.2, 0.25) is 0 Å². The van der Waals surface area contributed by atoms with E-state index in [1.54, 1.807) is 0 Å². The number of hydrogen-bond donors (Lipinski definition) is 0. The standard InChI is InChI=1S/C70H43NO/c1-4-19-44(20-5-1)47-36-39-62-60(41-47)61-42-48(45-21-6-2-7-22-45)37-40-63(61)71(62)70-56-31-16-14-29-54(56)67(55-30-15-17-32-57(55)70)49-35-38-58-65(43-49)72-64-34-18-33-59(69(58)64)68-52-27-12-10-25-50(52)66(46-23-8-3-9-24-46)51-26-11-13-28-53(51)68/h1-43H. The zero-order chi connectivity index (χ0) is 47.3. The van der Waals surface area contributed by atoms with Crippen molar-refractivity contribution in [1.82, 2.24) is 4.57 Å². The number of aromatic nitrogens is 1. The molecule has 0 spiro atoms. The molecule has 2 aromatic heterocycles. The number of nitrogens with zero attached hydrogens (tertiary/aromatic N) is 1. The number of hydrogen-bond acceptors (Lipinski definition) is 1. The lowest BCUT2D eigenvalue weighted by molar-refractivity contribution is 0.669. The van der Waals surface area contributed by atoms with Gasteiger partial charge in [0.25, 0.3) is 0 Å². The number of fused-ring (bicyclic) bond motifs is 10. The first-order valence-corrected chi connectivity index (χ1v) is 24.8. The largest absolute Gasteiger partial charge is 0.456 e. The van der Waals surface area contributed by atoms with E-state index in [2.05, 4.69) is 265 Å². The van der Waals surface area contributed by atoms with Crippen LogP contribution in [0.3, 0.4) is 0 Å². The molecule has 0 aliphatic heterocycles. The molecule has 0 bridgehead atoms. The van der Waals surface area contributed by atoms with E-state index in [0.29, 0.717) is 0 Å². The van der Waals surface area contributed by atoms with Gasteiger partial charge in [0.2, 0.25) is 0 Å². The van der Waals surface area contributed by atoms with Gasteiger partial charge in [0.1, 0.15) is 11.2 Å². The predicted octanol–water partition coefficient (Wildman–Crippen LogP) is 19.6. The maximum atomic E-state index is 6.98. The van der Waals surface area contributed by atoms with E-state index >= 15 is 0 Å². The van der Waals surface area contributed by atoms with Gasteiger partial charge in [-0.05, 0) is 130 Å². The normalized spacial score (nSPS) is 11.9. The van der Waals surface area contributed by atoms with Crippen LogP contribution in [-0.4, -0.2) is 4.57 Å². The minimum Gasteiger partial charge on any atom is -0.456 e. The Balaban J connectivity index is 0.956. The lowest BCUT2D eigenvalue weighted by Gasteiger charge is -2.19. The highest BCUT2D eigenvalue weighted by atomic mass is 16.3. The molecule has 0 radical (unpaired) electrons. The number of rotatable bonds is 6. The van der Waals surface area contributed by atoms with E-state index in [9.17, 15) is 0 Å². The van der Waals surface area contributed by atoms with Crippen molar-refractivity contribution in [2.45, 2.75) is 0 Å². The topological polar surface area (TPSA) is 18.1 Å².